The average Bonchev–Trinajstić information content (AvgIpc) is 3.17. The van der Waals surface area contributed by atoms with Gasteiger partial charge in [-0.2, -0.15) is 0 Å². The van der Waals surface area contributed by atoms with Crippen LogP contribution in [0, 0.1) is 0 Å². The van der Waals surface area contributed by atoms with E-state index in [1.54, 1.807) is 48.7 Å². The van der Waals surface area contributed by atoms with Gasteiger partial charge in [-0.15, -0.1) is 11.8 Å². The molecule has 5 aromatic rings. The van der Waals surface area contributed by atoms with Crippen LogP contribution in [0.1, 0.15) is 37.1 Å². The zero-order valence-electron chi connectivity index (χ0n) is 29.5. The molecule has 2 fully saturated rings. The number of piperidine rings is 2. The van der Waals surface area contributed by atoms with Crippen molar-refractivity contribution in [2.24, 2.45) is 5.73 Å². The zero-order chi connectivity index (χ0) is 35.9. The number of nitrogens with two attached hydrogens (primary N) is 1. The van der Waals surface area contributed by atoms with Crippen LogP contribution in [0.15, 0.2) is 87.8 Å². The van der Waals surface area contributed by atoms with Gasteiger partial charge in [0.05, 0.1) is 47.0 Å². The molecule has 0 radical (unpaired) electrons. The van der Waals surface area contributed by atoms with Gasteiger partial charge in [0.15, 0.2) is 0 Å². The molecule has 5 aromatic heterocycles. The van der Waals surface area contributed by atoms with Gasteiger partial charge in [-0.05, 0) is 88.3 Å². The normalized spacial score (nSPS) is 17.6. The summed E-state index contributed by atoms with van der Waals surface area (Å²) in [6, 6.07) is 15.8. The molecule has 3 N–H and O–H groups in total. The third-order valence-corrected chi connectivity index (χ3v) is 11.6. The second kappa shape index (κ2) is 17.0. The third-order valence-electron chi connectivity index (χ3n) is 10.4. The average molecular weight is 722 g/mol. The highest BCUT2D eigenvalue weighted by molar-refractivity contribution is 8.00. The molecule has 8 rings (SSSR count). The van der Waals surface area contributed by atoms with Gasteiger partial charge < -0.3 is 30.0 Å². The van der Waals surface area contributed by atoms with Crippen LogP contribution in [0.4, 0.5) is 0 Å². The second-order valence-electron chi connectivity index (χ2n) is 13.9. The molecular formula is C39H47N9O3S. The summed E-state index contributed by atoms with van der Waals surface area (Å²) in [6.45, 7) is 7.94. The van der Waals surface area contributed by atoms with Crippen molar-refractivity contribution in [3.05, 3.63) is 105 Å². The Hall–Kier alpha value is -4.27. The molecule has 0 unspecified atom stereocenters. The van der Waals surface area contributed by atoms with E-state index in [2.05, 4.69) is 37.2 Å². The Morgan fingerprint density at radius 3 is 1.88 bits per heavy atom. The third kappa shape index (κ3) is 9.02. The smallest absolute Gasteiger partial charge is 0.251 e. The molecule has 0 atom stereocenters. The number of nitrogens with one attached hydrogen (secondary N) is 1. The molecule has 52 heavy (non-hydrogen) atoms. The molecule has 0 aliphatic carbocycles. The molecular weight excluding hydrogens is 675 g/mol. The number of Topliss-reactive ketones (excluding diaryl/α,β-unsaturated/α-hetero) is 1. The largest absolute Gasteiger partial charge is 0.328 e. The summed E-state index contributed by atoms with van der Waals surface area (Å²) in [4.78, 5) is 55.1. The quantitative estimate of drug-likeness (QED) is 0.232. The van der Waals surface area contributed by atoms with Crippen molar-refractivity contribution in [1.29, 1.82) is 0 Å². The van der Waals surface area contributed by atoms with E-state index in [9.17, 15) is 14.4 Å². The number of pyridine rings is 5. The van der Waals surface area contributed by atoms with Crippen molar-refractivity contribution in [3.8, 4) is 0 Å². The number of ketones is 1. The van der Waals surface area contributed by atoms with Crippen molar-refractivity contribution in [1.82, 2.24) is 39.2 Å². The lowest BCUT2D eigenvalue weighted by Crippen LogP contribution is -2.43. The highest BCUT2D eigenvalue weighted by Crippen LogP contribution is 2.27. The number of thioether (sulfide) groups is 1. The maximum Gasteiger partial charge on any atom is 0.251 e. The summed E-state index contributed by atoms with van der Waals surface area (Å²) in [6.07, 6.45) is 11.8. The second-order valence-corrected chi connectivity index (χ2v) is 15.0. The Bertz CT molecular complexity index is 2120. The van der Waals surface area contributed by atoms with Crippen molar-refractivity contribution >= 4 is 39.4 Å². The van der Waals surface area contributed by atoms with Gasteiger partial charge in [-0.1, -0.05) is 0 Å². The molecule has 0 spiro atoms. The van der Waals surface area contributed by atoms with Gasteiger partial charge in [-0.3, -0.25) is 29.3 Å². The summed E-state index contributed by atoms with van der Waals surface area (Å²) in [5.41, 5.74) is 9.72. The summed E-state index contributed by atoms with van der Waals surface area (Å²) in [5.74, 6) is 0.825. The Kier molecular flexibility index (Phi) is 11.8. The van der Waals surface area contributed by atoms with E-state index in [1.807, 2.05) is 33.4 Å². The molecule has 0 bridgehead atoms. The van der Waals surface area contributed by atoms with E-state index in [0.29, 0.717) is 37.3 Å². The predicted molar refractivity (Wildman–Crippen MR) is 206 cm³/mol. The lowest BCUT2D eigenvalue weighted by molar-refractivity contribution is -0.116. The van der Waals surface area contributed by atoms with Crippen LogP contribution in [-0.4, -0.2) is 96.8 Å². The number of aromatic nitrogens is 5. The Morgan fingerprint density at radius 1 is 0.712 bits per heavy atom. The molecule has 0 aromatic carbocycles. The van der Waals surface area contributed by atoms with Crippen molar-refractivity contribution in [2.75, 3.05) is 45.0 Å². The van der Waals surface area contributed by atoms with Crippen LogP contribution in [0.5, 0.6) is 0 Å². The SMILES string of the molecule is NC1CCN(CCn2c(=O)ccc3ccncc32)CC1.O=C1CSc2ccc(CNC3CCN(CCn4c(=O)ccc5ccncc54)CC3)nc2C1. The van der Waals surface area contributed by atoms with E-state index >= 15 is 0 Å². The fourth-order valence-electron chi connectivity index (χ4n) is 7.28. The van der Waals surface area contributed by atoms with E-state index in [4.69, 9.17) is 10.7 Å². The maximum atomic E-state index is 12.4. The summed E-state index contributed by atoms with van der Waals surface area (Å²) < 4.78 is 3.65. The molecule has 2 saturated heterocycles. The standard InChI is InChI=1S/C24H27N5O2S.C15H20N4O/c30-20-13-21-23(32-16-20)3-2-19(27-21)14-26-18-6-9-28(10-7-18)11-12-29-22-15-25-8-5-17(22)1-4-24(29)31;16-13-4-7-18(8-5-13)9-10-19-14-11-17-6-3-12(14)1-2-15(19)20/h1-5,8,15,18,26H,6-7,9-14,16H2;1-3,6,11,13H,4-5,7-10,16H2. The van der Waals surface area contributed by atoms with Crippen LogP contribution in [0.25, 0.3) is 21.8 Å². The first-order valence-electron chi connectivity index (χ1n) is 18.3. The molecule has 0 amide bonds. The van der Waals surface area contributed by atoms with E-state index in [-0.39, 0.29) is 16.9 Å². The van der Waals surface area contributed by atoms with E-state index < -0.39 is 0 Å². The molecule has 3 aliphatic heterocycles. The Balaban J connectivity index is 0.000000180. The number of fused-ring (bicyclic) bond motifs is 3. The van der Waals surface area contributed by atoms with E-state index in [0.717, 1.165) is 110 Å². The number of likely N-dealkylation sites (tertiary alicyclic amines) is 2. The minimum atomic E-state index is 0.0275. The van der Waals surface area contributed by atoms with Crippen molar-refractivity contribution in [3.63, 3.8) is 0 Å². The zero-order valence-corrected chi connectivity index (χ0v) is 30.3. The van der Waals surface area contributed by atoms with Gasteiger partial charge >= 0.3 is 0 Å². The molecule has 8 heterocycles. The van der Waals surface area contributed by atoms with Crippen LogP contribution in [0.2, 0.25) is 0 Å². The van der Waals surface area contributed by atoms with Crippen LogP contribution in [0.3, 0.4) is 0 Å². The van der Waals surface area contributed by atoms with Crippen LogP contribution in [-0.2, 0) is 30.8 Å². The number of carbonyl (C=O) groups is 1. The van der Waals surface area contributed by atoms with Gasteiger partial charge in [0.1, 0.15) is 5.78 Å². The summed E-state index contributed by atoms with van der Waals surface area (Å²) >= 11 is 1.59. The van der Waals surface area contributed by atoms with Gasteiger partial charge in [0, 0.05) is 85.0 Å². The minimum absolute atomic E-state index is 0.0275. The molecule has 3 aliphatic rings. The maximum absolute atomic E-state index is 12.4. The lowest BCUT2D eigenvalue weighted by atomic mass is 10.0. The van der Waals surface area contributed by atoms with Crippen LogP contribution >= 0.6 is 11.8 Å². The minimum Gasteiger partial charge on any atom is -0.328 e. The fraction of sp³-hybridized carbons (Fsp3) is 0.436. The fourth-order valence-corrected chi connectivity index (χ4v) is 8.15. The van der Waals surface area contributed by atoms with Crippen LogP contribution < -0.4 is 22.2 Å². The summed E-state index contributed by atoms with van der Waals surface area (Å²) in [5, 5.41) is 5.74. The number of hydrogen-bond donors (Lipinski definition) is 2. The molecule has 272 valence electrons. The first kappa shape index (κ1) is 36.1. The highest BCUT2D eigenvalue weighted by Gasteiger charge is 2.21. The van der Waals surface area contributed by atoms with Gasteiger partial charge in [0.2, 0.25) is 0 Å². The monoisotopic (exact) mass is 721 g/mol. The van der Waals surface area contributed by atoms with Gasteiger partial charge in [0.25, 0.3) is 11.1 Å². The summed E-state index contributed by atoms with van der Waals surface area (Å²) in [7, 11) is 0. The van der Waals surface area contributed by atoms with E-state index in [1.165, 1.54) is 0 Å². The van der Waals surface area contributed by atoms with Crippen molar-refractivity contribution in [2.45, 2.75) is 68.7 Å². The van der Waals surface area contributed by atoms with Gasteiger partial charge in [-0.25, -0.2) is 0 Å². The molecule has 13 heteroatoms. The lowest BCUT2D eigenvalue weighted by Gasteiger charge is -2.32. The van der Waals surface area contributed by atoms with Crippen molar-refractivity contribution < 1.29 is 4.79 Å². The Labute approximate surface area is 307 Å². The predicted octanol–water partition coefficient (Wildman–Crippen LogP) is 3.08. The molecule has 12 nitrogen and oxygen atoms in total. The Morgan fingerprint density at radius 2 is 1.29 bits per heavy atom. The number of hydrogen-bond acceptors (Lipinski definition) is 11. The number of carbonyl (C=O) groups excluding carboxylic acids is 1. The topological polar surface area (TPSA) is 144 Å². The number of nitrogens with zero attached hydrogens (tertiary/aromatic N) is 7. The number of rotatable bonds is 9. The molecule has 0 saturated carbocycles. The first-order valence-corrected chi connectivity index (χ1v) is 19.3. The highest BCUT2D eigenvalue weighted by atomic mass is 32.2. The first-order chi connectivity index (χ1) is 25.4.